The van der Waals surface area contributed by atoms with Crippen molar-refractivity contribution in [1.29, 1.82) is 0 Å². The van der Waals surface area contributed by atoms with E-state index in [9.17, 15) is 4.79 Å². The maximum atomic E-state index is 10.3. The maximum Gasteiger partial charge on any atom is 0.330 e. The molecule has 1 N–H and O–H groups in total. The molecular formula is C10H14O2. The van der Waals surface area contributed by atoms with Gasteiger partial charge in [-0.3, -0.25) is 0 Å². The lowest BCUT2D eigenvalue weighted by Crippen LogP contribution is -1.94. The molecule has 0 radical (unpaired) electrons. The second-order valence-electron chi connectivity index (χ2n) is 2.38. The Kier molecular flexibility index (Phi) is 5.70. The minimum Gasteiger partial charge on any atom is -0.478 e. The fraction of sp³-hybridized carbons (Fsp3) is 0.300. The molecule has 0 spiro atoms. The van der Waals surface area contributed by atoms with Crippen LogP contribution in [0.2, 0.25) is 0 Å². The molecule has 0 heterocycles. The van der Waals surface area contributed by atoms with Crippen molar-refractivity contribution in [3.8, 4) is 0 Å². The molecule has 0 aliphatic rings. The van der Waals surface area contributed by atoms with Crippen LogP contribution in [-0.4, -0.2) is 11.1 Å². The maximum absolute atomic E-state index is 10.3. The zero-order valence-corrected chi connectivity index (χ0v) is 7.45. The molecule has 2 heteroatoms. The number of rotatable bonds is 4. The Hall–Kier alpha value is -1.31. The molecule has 0 saturated heterocycles. The van der Waals surface area contributed by atoms with Crippen molar-refractivity contribution in [1.82, 2.24) is 0 Å². The normalized spacial score (nSPS) is 13.0. The van der Waals surface area contributed by atoms with Gasteiger partial charge in [0.05, 0.1) is 0 Å². The van der Waals surface area contributed by atoms with Gasteiger partial charge in [0.15, 0.2) is 0 Å². The Morgan fingerprint density at radius 1 is 1.42 bits per heavy atom. The standard InChI is InChI=1S/C10H14O2/c1-3-4-5-6-7-8-9(2)10(11)12/h3-6,8H,7H2,1-2H3,(H,11,12). The lowest BCUT2D eigenvalue weighted by molar-refractivity contribution is -0.132. The van der Waals surface area contributed by atoms with E-state index in [0.717, 1.165) is 0 Å². The first-order chi connectivity index (χ1) is 5.68. The van der Waals surface area contributed by atoms with Gasteiger partial charge in [-0.1, -0.05) is 30.4 Å². The van der Waals surface area contributed by atoms with Crippen LogP contribution in [0.25, 0.3) is 0 Å². The number of allylic oxidation sites excluding steroid dienone is 5. The first-order valence-electron chi connectivity index (χ1n) is 3.86. The number of carboxylic acids is 1. The van der Waals surface area contributed by atoms with Crippen LogP contribution in [-0.2, 0) is 4.79 Å². The lowest BCUT2D eigenvalue weighted by Gasteiger charge is -1.88. The summed E-state index contributed by atoms with van der Waals surface area (Å²) in [5, 5.41) is 8.48. The Morgan fingerprint density at radius 3 is 2.58 bits per heavy atom. The van der Waals surface area contributed by atoms with Crippen molar-refractivity contribution >= 4 is 5.97 Å². The summed E-state index contributed by atoms with van der Waals surface area (Å²) < 4.78 is 0. The number of hydrogen-bond acceptors (Lipinski definition) is 1. The van der Waals surface area contributed by atoms with E-state index in [-0.39, 0.29) is 0 Å². The number of aliphatic carboxylic acids is 1. The Morgan fingerprint density at radius 2 is 2.08 bits per heavy atom. The van der Waals surface area contributed by atoms with Gasteiger partial charge >= 0.3 is 5.97 Å². The second-order valence-corrected chi connectivity index (χ2v) is 2.38. The van der Waals surface area contributed by atoms with Gasteiger partial charge in [-0.15, -0.1) is 0 Å². The van der Waals surface area contributed by atoms with Gasteiger partial charge in [0.2, 0.25) is 0 Å². The summed E-state index contributed by atoms with van der Waals surface area (Å²) in [6.07, 6.45) is 9.98. The van der Waals surface area contributed by atoms with E-state index in [1.165, 1.54) is 0 Å². The zero-order chi connectivity index (χ0) is 9.40. The van der Waals surface area contributed by atoms with Gasteiger partial charge in [0.25, 0.3) is 0 Å². The van der Waals surface area contributed by atoms with Crippen molar-refractivity contribution in [2.24, 2.45) is 0 Å². The lowest BCUT2D eigenvalue weighted by atomic mass is 10.2. The van der Waals surface area contributed by atoms with Crippen LogP contribution in [0.4, 0.5) is 0 Å². The fourth-order valence-electron chi connectivity index (χ4n) is 0.600. The summed E-state index contributed by atoms with van der Waals surface area (Å²) in [4.78, 5) is 10.3. The third kappa shape index (κ3) is 5.47. The summed E-state index contributed by atoms with van der Waals surface area (Å²) in [6, 6.07) is 0. The van der Waals surface area contributed by atoms with E-state index in [1.807, 2.05) is 31.2 Å². The summed E-state index contributed by atoms with van der Waals surface area (Å²) in [6.45, 7) is 3.52. The first kappa shape index (κ1) is 10.7. The molecule has 0 unspecified atom stereocenters. The summed E-state index contributed by atoms with van der Waals surface area (Å²) in [7, 11) is 0. The Labute approximate surface area is 72.9 Å². The van der Waals surface area contributed by atoms with Gasteiger partial charge < -0.3 is 5.11 Å². The summed E-state index contributed by atoms with van der Waals surface area (Å²) in [5.74, 6) is -0.852. The molecule has 0 amide bonds. The Bertz CT molecular complexity index is 222. The molecule has 12 heavy (non-hydrogen) atoms. The van der Waals surface area contributed by atoms with Gasteiger partial charge in [0.1, 0.15) is 0 Å². The van der Waals surface area contributed by atoms with Crippen LogP contribution in [0.15, 0.2) is 36.0 Å². The van der Waals surface area contributed by atoms with Gasteiger partial charge in [0, 0.05) is 5.57 Å². The average Bonchev–Trinajstić information content (AvgIpc) is 2.03. The van der Waals surface area contributed by atoms with E-state index in [4.69, 9.17) is 5.11 Å². The molecule has 0 saturated carbocycles. The smallest absolute Gasteiger partial charge is 0.330 e. The van der Waals surface area contributed by atoms with E-state index < -0.39 is 5.97 Å². The molecule has 0 rings (SSSR count). The monoisotopic (exact) mass is 166 g/mol. The molecule has 0 aliphatic carbocycles. The highest BCUT2D eigenvalue weighted by molar-refractivity contribution is 5.85. The summed E-state index contributed by atoms with van der Waals surface area (Å²) >= 11 is 0. The predicted octanol–water partition coefficient (Wildman–Crippen LogP) is 2.54. The molecule has 0 bridgehead atoms. The quantitative estimate of drug-likeness (QED) is 0.514. The van der Waals surface area contributed by atoms with Gasteiger partial charge in [-0.05, 0) is 20.3 Å². The molecule has 2 nitrogen and oxygen atoms in total. The first-order valence-corrected chi connectivity index (χ1v) is 3.86. The largest absolute Gasteiger partial charge is 0.478 e. The molecule has 0 aromatic heterocycles. The second kappa shape index (κ2) is 6.40. The van der Waals surface area contributed by atoms with Crippen LogP contribution in [0.1, 0.15) is 20.3 Å². The third-order valence-corrected chi connectivity index (χ3v) is 1.34. The fourth-order valence-corrected chi connectivity index (χ4v) is 0.600. The third-order valence-electron chi connectivity index (χ3n) is 1.34. The molecule has 0 aromatic carbocycles. The van der Waals surface area contributed by atoms with Crippen LogP contribution in [0.3, 0.4) is 0 Å². The number of hydrogen-bond donors (Lipinski definition) is 1. The number of carbonyl (C=O) groups is 1. The van der Waals surface area contributed by atoms with E-state index >= 15 is 0 Å². The van der Waals surface area contributed by atoms with Crippen molar-refractivity contribution in [2.75, 3.05) is 0 Å². The van der Waals surface area contributed by atoms with E-state index in [1.54, 1.807) is 13.0 Å². The van der Waals surface area contributed by atoms with Gasteiger partial charge in [-0.2, -0.15) is 0 Å². The SMILES string of the molecule is CC=CC=CCC=C(C)C(=O)O. The highest BCUT2D eigenvalue weighted by Crippen LogP contribution is 1.96. The minimum atomic E-state index is -0.852. The highest BCUT2D eigenvalue weighted by atomic mass is 16.4. The highest BCUT2D eigenvalue weighted by Gasteiger charge is 1.95. The molecule has 0 aromatic rings. The van der Waals surface area contributed by atoms with E-state index in [0.29, 0.717) is 12.0 Å². The predicted molar refractivity (Wildman–Crippen MR) is 50.0 cm³/mol. The van der Waals surface area contributed by atoms with Crippen molar-refractivity contribution in [2.45, 2.75) is 20.3 Å². The number of carboxylic acid groups (broad SMARTS) is 1. The van der Waals surface area contributed by atoms with Crippen LogP contribution >= 0.6 is 0 Å². The molecule has 66 valence electrons. The molecule has 0 fully saturated rings. The summed E-state index contributed by atoms with van der Waals surface area (Å²) in [5.41, 5.74) is 0.389. The molecule has 0 aliphatic heterocycles. The molecule has 0 atom stereocenters. The van der Waals surface area contributed by atoms with Crippen molar-refractivity contribution in [3.63, 3.8) is 0 Å². The van der Waals surface area contributed by atoms with E-state index in [2.05, 4.69) is 0 Å². The van der Waals surface area contributed by atoms with Gasteiger partial charge in [-0.25, -0.2) is 4.79 Å². The van der Waals surface area contributed by atoms with Crippen LogP contribution in [0, 0.1) is 0 Å². The van der Waals surface area contributed by atoms with Crippen molar-refractivity contribution < 1.29 is 9.90 Å². The zero-order valence-electron chi connectivity index (χ0n) is 7.45. The van der Waals surface area contributed by atoms with Crippen LogP contribution in [0.5, 0.6) is 0 Å². The average molecular weight is 166 g/mol. The van der Waals surface area contributed by atoms with Crippen LogP contribution < -0.4 is 0 Å². The van der Waals surface area contributed by atoms with Crippen molar-refractivity contribution in [3.05, 3.63) is 36.0 Å². The topological polar surface area (TPSA) is 37.3 Å². The molecular weight excluding hydrogens is 152 g/mol. The minimum absolute atomic E-state index is 0.389. The Balaban J connectivity index is 3.82.